The van der Waals surface area contributed by atoms with Crippen LogP contribution in [-0.4, -0.2) is 6.88 Å². The van der Waals surface area contributed by atoms with E-state index >= 15 is 0 Å². The zero-order valence-electron chi connectivity index (χ0n) is 24.0. The fourth-order valence-electron chi connectivity index (χ4n) is 4.67. The van der Waals surface area contributed by atoms with Gasteiger partial charge in [0.05, 0.1) is 0 Å². The molecule has 0 N–H and O–H groups in total. The summed E-state index contributed by atoms with van der Waals surface area (Å²) in [5, 5.41) is 0. The van der Waals surface area contributed by atoms with Crippen molar-refractivity contribution in [1.29, 1.82) is 0 Å². The van der Waals surface area contributed by atoms with Gasteiger partial charge in [0.1, 0.15) is 0 Å². The molecular weight excluding hydrogens is 576 g/mol. The monoisotopic (exact) mass is 610 g/mol. The van der Waals surface area contributed by atoms with Crippen LogP contribution in [0.15, 0.2) is 121 Å². The average Bonchev–Trinajstić information content (AvgIpc) is 3.47. The zero-order chi connectivity index (χ0) is 26.7. The van der Waals surface area contributed by atoms with E-state index in [1.807, 2.05) is 0 Å². The van der Waals surface area contributed by atoms with Gasteiger partial charge in [0.15, 0.2) is 0 Å². The third-order valence-corrected chi connectivity index (χ3v) is 6.59. The van der Waals surface area contributed by atoms with Gasteiger partial charge < -0.3 is 14.9 Å². The van der Waals surface area contributed by atoms with Crippen molar-refractivity contribution in [3.63, 3.8) is 0 Å². The summed E-state index contributed by atoms with van der Waals surface area (Å²) in [6, 6.07) is 49.6. The molecule has 0 spiro atoms. The predicted molar refractivity (Wildman–Crippen MR) is 172 cm³/mol. The second-order valence-corrected chi connectivity index (χ2v) is 8.95. The predicted octanol–water partition coefficient (Wildman–Crippen LogP) is 10.2. The van der Waals surface area contributed by atoms with Crippen molar-refractivity contribution in [2.45, 2.75) is 26.7 Å². The van der Waals surface area contributed by atoms with Crippen LogP contribution < -0.4 is 0 Å². The maximum atomic E-state index is 3.48. The van der Waals surface area contributed by atoms with Gasteiger partial charge >= 0.3 is 30.2 Å². The van der Waals surface area contributed by atoms with Crippen molar-refractivity contribution in [3.05, 3.63) is 159 Å². The zero-order valence-corrected chi connectivity index (χ0v) is 27.4. The summed E-state index contributed by atoms with van der Waals surface area (Å²) in [7, 11) is 0. The molecule has 6 rings (SSSR count). The summed E-state index contributed by atoms with van der Waals surface area (Å²) < 4.78 is 0. The first-order valence-corrected chi connectivity index (χ1v) is 17.2. The fraction of sp³-hybridized carbons (Fsp3) is 0.105. The second kappa shape index (κ2) is 16.9. The first-order valence-electron chi connectivity index (χ1n) is 13.0. The number of benzene rings is 2. The molecule has 4 aliphatic carbocycles. The van der Waals surface area contributed by atoms with Crippen molar-refractivity contribution < 1.29 is 23.3 Å². The van der Waals surface area contributed by atoms with Crippen LogP contribution in [0.4, 0.5) is 0 Å². The van der Waals surface area contributed by atoms with Gasteiger partial charge in [-0.25, -0.2) is 0 Å². The standard InChI is InChI=1S/2C18H15.2CH3.Si.Zr/c2*1-2-14-12-16-10-6-7-11-17(18(16)13-14)15-8-4-3-5-9-15;;;;/h2*3-11,13H,2H2,1H3;2*1H3;;/q4*-1;;. The summed E-state index contributed by atoms with van der Waals surface area (Å²) >= 11 is 1.36. The van der Waals surface area contributed by atoms with Crippen molar-refractivity contribution in [3.8, 4) is 44.5 Å². The van der Waals surface area contributed by atoms with Crippen LogP contribution in [0.2, 0.25) is 0 Å². The molecule has 2 heteroatoms. The molecule has 0 aromatic heterocycles. The number of hydrogen-bond donors (Lipinski definition) is 0. The van der Waals surface area contributed by atoms with Gasteiger partial charge in [-0.1, -0.05) is 110 Å². The molecule has 4 aliphatic rings. The van der Waals surface area contributed by atoms with E-state index in [-0.39, 0.29) is 14.9 Å². The van der Waals surface area contributed by atoms with Crippen LogP contribution in [0.1, 0.15) is 25.0 Å². The van der Waals surface area contributed by atoms with E-state index < -0.39 is 0 Å². The van der Waals surface area contributed by atoms with Gasteiger partial charge in [0.2, 0.25) is 0 Å². The van der Waals surface area contributed by atoms with Crippen LogP contribution in [-0.2, 0) is 36.2 Å². The molecule has 0 heterocycles. The maximum absolute atomic E-state index is 3.48. The van der Waals surface area contributed by atoms with Gasteiger partial charge in [-0.2, -0.15) is 23.3 Å². The molecule has 0 aliphatic heterocycles. The van der Waals surface area contributed by atoms with E-state index in [2.05, 4.69) is 154 Å². The number of hydrogen-bond acceptors (Lipinski definition) is 0. The molecule has 200 valence electrons. The van der Waals surface area contributed by atoms with Crippen molar-refractivity contribution in [2.24, 2.45) is 0 Å². The minimum atomic E-state index is 0. The van der Waals surface area contributed by atoms with Gasteiger partial charge in [0.25, 0.3) is 0 Å². The van der Waals surface area contributed by atoms with Crippen LogP contribution in [0.5, 0.6) is 0 Å². The molecular formula is C38H36SiZr-4. The Balaban J connectivity index is 0.000000252. The minimum absolute atomic E-state index is 0. The molecule has 0 saturated heterocycles. The normalized spacial score (nSPS) is 9.72. The van der Waals surface area contributed by atoms with Gasteiger partial charge in [0, 0.05) is 0 Å². The summed E-state index contributed by atoms with van der Waals surface area (Å²) in [5.41, 5.74) is 12.7. The summed E-state index contributed by atoms with van der Waals surface area (Å²) in [6.07, 6.45) is 2.07. The van der Waals surface area contributed by atoms with Crippen LogP contribution in [0.3, 0.4) is 0 Å². The SMILES string of the molecule is CCc1[c-]c2ccccc(-c3ccccc3)c-2c1.CCc1[c-]c2ccccc(-c3ccccc3)c-2c1.[CH3-].[CH3-].[Si]=[Zr]. The molecule has 2 radical (unpaired) electrons. The molecule has 0 unspecified atom stereocenters. The Bertz CT molecular complexity index is 1390. The van der Waals surface area contributed by atoms with E-state index in [0.29, 0.717) is 0 Å². The Hall–Kier alpha value is -3.06. The van der Waals surface area contributed by atoms with E-state index in [0.717, 1.165) is 12.8 Å². The van der Waals surface area contributed by atoms with Crippen LogP contribution in [0, 0.1) is 27.0 Å². The summed E-state index contributed by atoms with van der Waals surface area (Å²) in [4.78, 5) is 0. The van der Waals surface area contributed by atoms with E-state index in [1.165, 1.54) is 79.0 Å². The van der Waals surface area contributed by atoms with Gasteiger partial charge in [-0.3, -0.25) is 0 Å². The Labute approximate surface area is 259 Å². The fourth-order valence-corrected chi connectivity index (χ4v) is 4.67. The van der Waals surface area contributed by atoms with Crippen LogP contribution in [0.25, 0.3) is 44.5 Å². The molecule has 0 amide bonds. The topological polar surface area (TPSA) is 0 Å². The Morgan fingerprint density at radius 3 is 1.15 bits per heavy atom. The number of fused-ring (bicyclic) bond motifs is 2. The first-order chi connectivity index (χ1) is 18.8. The number of rotatable bonds is 4. The quantitative estimate of drug-likeness (QED) is 0.137. The molecule has 0 fully saturated rings. The third-order valence-electron chi connectivity index (χ3n) is 6.59. The molecule has 0 bridgehead atoms. The average molecular weight is 612 g/mol. The molecule has 0 atom stereocenters. The van der Waals surface area contributed by atoms with Crippen molar-refractivity contribution in [1.82, 2.24) is 0 Å². The first kappa shape index (κ1) is 33.1. The van der Waals surface area contributed by atoms with E-state index in [4.69, 9.17) is 0 Å². The molecule has 2 aromatic rings. The Morgan fingerprint density at radius 2 is 0.800 bits per heavy atom. The number of aryl methyl sites for hydroxylation is 2. The Kier molecular flexibility index (Phi) is 14.0. The van der Waals surface area contributed by atoms with Crippen molar-refractivity contribution in [2.75, 3.05) is 0 Å². The molecule has 2 aromatic carbocycles. The Morgan fingerprint density at radius 1 is 0.475 bits per heavy atom. The van der Waals surface area contributed by atoms with Crippen molar-refractivity contribution >= 4 is 6.88 Å². The van der Waals surface area contributed by atoms with E-state index in [9.17, 15) is 0 Å². The molecule has 0 saturated carbocycles. The summed E-state index contributed by atoms with van der Waals surface area (Å²) in [5.74, 6) is 0. The molecule has 0 nitrogen and oxygen atoms in total. The summed E-state index contributed by atoms with van der Waals surface area (Å²) in [6.45, 7) is 7.41. The third kappa shape index (κ3) is 8.00. The second-order valence-electron chi connectivity index (χ2n) is 8.95. The van der Waals surface area contributed by atoms with E-state index in [1.54, 1.807) is 0 Å². The van der Waals surface area contributed by atoms with Gasteiger partial charge in [-0.15, -0.1) is 58.7 Å². The van der Waals surface area contributed by atoms with Gasteiger partial charge in [-0.05, 0) is 24.0 Å². The van der Waals surface area contributed by atoms with Crippen LogP contribution >= 0.6 is 0 Å². The molecule has 40 heavy (non-hydrogen) atoms.